The maximum Gasteiger partial charge on any atom is 0.0239 e. The Bertz CT molecular complexity index is 303. The molecule has 2 aliphatic rings. The average molecular weight is 201 g/mol. The van der Waals surface area contributed by atoms with Gasteiger partial charge in [-0.25, -0.2) is 0 Å². The third kappa shape index (κ3) is 1.81. The summed E-state index contributed by atoms with van der Waals surface area (Å²) in [7, 11) is 0. The van der Waals surface area contributed by atoms with E-state index in [0.717, 1.165) is 12.1 Å². The highest BCUT2D eigenvalue weighted by molar-refractivity contribution is 5.15. The molecule has 0 amide bonds. The topological polar surface area (TPSA) is 3.24 Å². The summed E-state index contributed by atoms with van der Waals surface area (Å²) in [6.07, 6.45) is 7.21. The van der Waals surface area contributed by atoms with Crippen LogP contribution in [0.2, 0.25) is 0 Å². The van der Waals surface area contributed by atoms with Crippen molar-refractivity contribution in [3.63, 3.8) is 0 Å². The molecule has 1 heteroatoms. The second-order valence-electron chi connectivity index (χ2n) is 4.97. The number of hydrogen-bond acceptors (Lipinski definition) is 1. The maximum atomic E-state index is 2.75. The monoisotopic (exact) mass is 201 g/mol. The van der Waals surface area contributed by atoms with Crippen molar-refractivity contribution in [2.45, 2.75) is 50.7 Å². The lowest BCUT2D eigenvalue weighted by Gasteiger charge is -2.34. The Morgan fingerprint density at radius 3 is 2.27 bits per heavy atom. The molecule has 2 bridgehead atoms. The van der Waals surface area contributed by atoms with Crippen molar-refractivity contribution in [2.75, 3.05) is 0 Å². The average Bonchev–Trinajstić information content (AvgIpc) is 2.53. The van der Waals surface area contributed by atoms with Gasteiger partial charge in [0, 0.05) is 18.6 Å². The van der Waals surface area contributed by atoms with Crippen LogP contribution in [0.1, 0.15) is 37.7 Å². The van der Waals surface area contributed by atoms with Gasteiger partial charge < -0.3 is 0 Å². The normalized spacial score (nSPS) is 30.7. The van der Waals surface area contributed by atoms with Gasteiger partial charge in [0.2, 0.25) is 0 Å². The van der Waals surface area contributed by atoms with Crippen molar-refractivity contribution >= 4 is 0 Å². The van der Waals surface area contributed by atoms with Crippen LogP contribution in [0.15, 0.2) is 30.3 Å². The first-order chi connectivity index (χ1) is 7.43. The van der Waals surface area contributed by atoms with E-state index >= 15 is 0 Å². The molecule has 2 aliphatic heterocycles. The molecule has 2 atom stereocenters. The molecule has 3 rings (SSSR count). The van der Waals surface area contributed by atoms with Gasteiger partial charge >= 0.3 is 0 Å². The first-order valence-electron chi connectivity index (χ1n) is 6.23. The number of rotatable bonds is 2. The molecule has 0 radical (unpaired) electrons. The molecule has 1 aromatic rings. The highest BCUT2D eigenvalue weighted by Crippen LogP contribution is 2.36. The third-order valence-electron chi connectivity index (χ3n) is 4.05. The lowest BCUT2D eigenvalue weighted by molar-refractivity contribution is 0.132. The Morgan fingerprint density at radius 1 is 0.933 bits per heavy atom. The van der Waals surface area contributed by atoms with Gasteiger partial charge in [-0.3, -0.25) is 4.90 Å². The van der Waals surface area contributed by atoms with E-state index in [-0.39, 0.29) is 0 Å². The van der Waals surface area contributed by atoms with Crippen LogP contribution in [0.5, 0.6) is 0 Å². The second-order valence-corrected chi connectivity index (χ2v) is 4.97. The highest BCUT2D eigenvalue weighted by Gasteiger charge is 2.35. The molecule has 80 valence electrons. The minimum absolute atomic E-state index is 0.893. The molecule has 1 nitrogen and oxygen atoms in total. The SMILES string of the molecule is c1ccc(CN2C3CCC[C@@H]2CC3)cc1. The Kier molecular flexibility index (Phi) is 2.49. The lowest BCUT2D eigenvalue weighted by Crippen LogP contribution is -2.38. The van der Waals surface area contributed by atoms with Crippen molar-refractivity contribution in [3.8, 4) is 0 Å². The molecule has 15 heavy (non-hydrogen) atoms. The van der Waals surface area contributed by atoms with Crippen LogP contribution < -0.4 is 0 Å². The molecule has 0 aromatic heterocycles. The minimum Gasteiger partial charge on any atom is -0.293 e. The molecule has 0 aliphatic carbocycles. The largest absolute Gasteiger partial charge is 0.293 e. The van der Waals surface area contributed by atoms with E-state index in [1.54, 1.807) is 0 Å². The Hall–Kier alpha value is -0.820. The van der Waals surface area contributed by atoms with Crippen LogP contribution in [0.25, 0.3) is 0 Å². The zero-order chi connectivity index (χ0) is 10.1. The van der Waals surface area contributed by atoms with E-state index in [9.17, 15) is 0 Å². The molecule has 1 unspecified atom stereocenters. The van der Waals surface area contributed by atoms with Crippen molar-refractivity contribution in [1.29, 1.82) is 0 Å². The fourth-order valence-electron chi connectivity index (χ4n) is 3.28. The van der Waals surface area contributed by atoms with Gasteiger partial charge in [-0.05, 0) is 31.2 Å². The summed E-state index contributed by atoms with van der Waals surface area (Å²) in [5, 5.41) is 0. The minimum atomic E-state index is 0.893. The predicted octanol–water partition coefficient (Wildman–Crippen LogP) is 3.20. The van der Waals surface area contributed by atoms with Crippen LogP contribution >= 0.6 is 0 Å². The van der Waals surface area contributed by atoms with Crippen LogP contribution in [0, 0.1) is 0 Å². The molecule has 0 saturated carbocycles. The van der Waals surface area contributed by atoms with E-state index in [4.69, 9.17) is 0 Å². The summed E-state index contributed by atoms with van der Waals surface area (Å²) in [5.74, 6) is 0. The number of nitrogens with zero attached hydrogens (tertiary/aromatic N) is 1. The Morgan fingerprint density at radius 2 is 1.60 bits per heavy atom. The molecule has 2 heterocycles. The zero-order valence-corrected chi connectivity index (χ0v) is 9.23. The van der Waals surface area contributed by atoms with Gasteiger partial charge in [0.15, 0.2) is 0 Å². The van der Waals surface area contributed by atoms with Crippen molar-refractivity contribution in [3.05, 3.63) is 35.9 Å². The summed E-state index contributed by atoms with van der Waals surface area (Å²) in [4.78, 5) is 2.75. The fourth-order valence-corrected chi connectivity index (χ4v) is 3.28. The molecule has 2 saturated heterocycles. The van der Waals surface area contributed by atoms with Crippen LogP contribution in [-0.4, -0.2) is 17.0 Å². The number of benzene rings is 1. The standard InChI is InChI=1S/C14H19N/c1-2-5-12(6-3-1)11-15-13-7-4-8-14(15)10-9-13/h1-3,5-6,13-14H,4,7-11H2/t13-,14?/m1/s1. The van der Waals surface area contributed by atoms with Crippen LogP contribution in [0.3, 0.4) is 0 Å². The fraction of sp³-hybridized carbons (Fsp3) is 0.571. The van der Waals surface area contributed by atoms with E-state index in [1.807, 2.05) is 0 Å². The summed E-state index contributed by atoms with van der Waals surface area (Å²) in [6, 6.07) is 12.7. The van der Waals surface area contributed by atoms with Gasteiger partial charge in [0.1, 0.15) is 0 Å². The summed E-state index contributed by atoms with van der Waals surface area (Å²) in [6.45, 7) is 1.18. The predicted molar refractivity (Wildman–Crippen MR) is 62.6 cm³/mol. The molecular formula is C14H19N. The van der Waals surface area contributed by atoms with Gasteiger partial charge in [-0.1, -0.05) is 36.8 Å². The number of piperidine rings is 1. The third-order valence-corrected chi connectivity index (χ3v) is 4.05. The van der Waals surface area contributed by atoms with Gasteiger partial charge in [-0.2, -0.15) is 0 Å². The second kappa shape index (κ2) is 3.97. The van der Waals surface area contributed by atoms with Crippen molar-refractivity contribution < 1.29 is 0 Å². The molecule has 0 spiro atoms. The number of fused-ring (bicyclic) bond motifs is 2. The Balaban J connectivity index is 1.73. The zero-order valence-electron chi connectivity index (χ0n) is 9.23. The van der Waals surface area contributed by atoms with Crippen LogP contribution in [-0.2, 0) is 6.54 Å². The van der Waals surface area contributed by atoms with Crippen molar-refractivity contribution in [2.24, 2.45) is 0 Å². The van der Waals surface area contributed by atoms with E-state index in [2.05, 4.69) is 35.2 Å². The van der Waals surface area contributed by atoms with E-state index in [0.29, 0.717) is 0 Å². The summed E-state index contributed by atoms with van der Waals surface area (Å²) < 4.78 is 0. The first kappa shape index (κ1) is 9.41. The maximum absolute atomic E-state index is 2.75. The molecule has 0 N–H and O–H groups in total. The van der Waals surface area contributed by atoms with Gasteiger partial charge in [0.05, 0.1) is 0 Å². The van der Waals surface area contributed by atoms with Gasteiger partial charge in [-0.15, -0.1) is 0 Å². The van der Waals surface area contributed by atoms with Crippen LogP contribution in [0.4, 0.5) is 0 Å². The lowest BCUT2D eigenvalue weighted by atomic mass is 10.0. The number of hydrogen-bond donors (Lipinski definition) is 0. The summed E-state index contributed by atoms with van der Waals surface area (Å²) >= 11 is 0. The van der Waals surface area contributed by atoms with E-state index < -0.39 is 0 Å². The highest BCUT2D eigenvalue weighted by atomic mass is 15.2. The van der Waals surface area contributed by atoms with Gasteiger partial charge in [0.25, 0.3) is 0 Å². The molecular weight excluding hydrogens is 182 g/mol. The van der Waals surface area contributed by atoms with Crippen molar-refractivity contribution in [1.82, 2.24) is 4.90 Å². The molecule has 1 aromatic carbocycles. The quantitative estimate of drug-likeness (QED) is 0.710. The smallest absolute Gasteiger partial charge is 0.0239 e. The first-order valence-corrected chi connectivity index (χ1v) is 6.23. The van der Waals surface area contributed by atoms with E-state index in [1.165, 1.54) is 44.2 Å². The molecule has 2 fully saturated rings. The Labute approximate surface area is 92.1 Å². The summed E-state index contributed by atoms with van der Waals surface area (Å²) in [5.41, 5.74) is 1.48.